The molecule has 1 heterocycles. The van der Waals surface area contributed by atoms with Gasteiger partial charge in [0.05, 0.1) is 6.61 Å². The molecular weight excluding hydrogens is 272 g/mol. The number of hydrogen-bond donors (Lipinski definition) is 1. The summed E-state index contributed by atoms with van der Waals surface area (Å²) >= 11 is 0. The number of piperazine rings is 1. The summed E-state index contributed by atoms with van der Waals surface area (Å²) in [6, 6.07) is 9.14. The molecule has 0 bridgehead atoms. The van der Waals surface area contributed by atoms with Crippen molar-refractivity contribution in [3.63, 3.8) is 0 Å². The first-order valence-corrected chi connectivity index (χ1v) is 7.31. The highest BCUT2D eigenvalue weighted by atomic mass is 35.5. The van der Waals surface area contributed by atoms with E-state index in [4.69, 9.17) is 4.74 Å². The highest BCUT2D eigenvalue weighted by Crippen LogP contribution is 2.15. The zero-order chi connectivity index (χ0) is 13.7. The predicted octanol–water partition coefficient (Wildman–Crippen LogP) is 2.94. The third-order valence-electron chi connectivity index (χ3n) is 3.37. The van der Waals surface area contributed by atoms with Crippen molar-refractivity contribution < 1.29 is 4.74 Å². The lowest BCUT2D eigenvalue weighted by Gasteiger charge is -2.31. The SMILES string of the molecule is CC(C)COc1ccc(CN2CCNC(C)C2)cc1.Cl. The van der Waals surface area contributed by atoms with Gasteiger partial charge in [0.15, 0.2) is 0 Å². The van der Waals surface area contributed by atoms with Crippen molar-refractivity contribution in [2.45, 2.75) is 33.4 Å². The van der Waals surface area contributed by atoms with Gasteiger partial charge in [0, 0.05) is 32.2 Å². The van der Waals surface area contributed by atoms with E-state index in [0.717, 1.165) is 38.5 Å². The fraction of sp³-hybridized carbons (Fsp3) is 0.625. The number of nitrogens with one attached hydrogen (secondary N) is 1. The molecule has 3 nitrogen and oxygen atoms in total. The number of hydrogen-bond acceptors (Lipinski definition) is 3. The van der Waals surface area contributed by atoms with E-state index in [0.29, 0.717) is 12.0 Å². The van der Waals surface area contributed by atoms with Gasteiger partial charge in [-0.3, -0.25) is 4.90 Å². The average molecular weight is 299 g/mol. The minimum Gasteiger partial charge on any atom is -0.493 e. The first-order valence-electron chi connectivity index (χ1n) is 7.31. The van der Waals surface area contributed by atoms with E-state index in [2.05, 4.69) is 55.3 Å². The molecule has 2 rings (SSSR count). The molecule has 0 saturated carbocycles. The van der Waals surface area contributed by atoms with Crippen molar-refractivity contribution in [1.29, 1.82) is 0 Å². The molecule has 1 unspecified atom stereocenters. The van der Waals surface area contributed by atoms with Gasteiger partial charge in [-0.15, -0.1) is 12.4 Å². The maximum absolute atomic E-state index is 5.71. The normalized spacial score (nSPS) is 19.7. The average Bonchev–Trinajstić information content (AvgIpc) is 2.38. The zero-order valence-corrected chi connectivity index (χ0v) is 13.6. The Bertz CT molecular complexity index is 381. The molecule has 1 aromatic carbocycles. The van der Waals surface area contributed by atoms with Gasteiger partial charge in [0.2, 0.25) is 0 Å². The van der Waals surface area contributed by atoms with Crippen LogP contribution in [0.1, 0.15) is 26.3 Å². The molecule has 0 amide bonds. The lowest BCUT2D eigenvalue weighted by Crippen LogP contribution is -2.48. The minimum absolute atomic E-state index is 0. The molecule has 1 atom stereocenters. The van der Waals surface area contributed by atoms with Crippen molar-refractivity contribution in [2.75, 3.05) is 26.2 Å². The van der Waals surface area contributed by atoms with Gasteiger partial charge in [0.25, 0.3) is 0 Å². The number of halogens is 1. The molecule has 20 heavy (non-hydrogen) atoms. The van der Waals surface area contributed by atoms with Crippen molar-refractivity contribution in [2.24, 2.45) is 5.92 Å². The van der Waals surface area contributed by atoms with Crippen molar-refractivity contribution in [3.05, 3.63) is 29.8 Å². The molecule has 4 heteroatoms. The summed E-state index contributed by atoms with van der Waals surface area (Å²) in [4.78, 5) is 2.51. The molecule has 1 saturated heterocycles. The predicted molar refractivity (Wildman–Crippen MR) is 86.8 cm³/mol. The van der Waals surface area contributed by atoms with Gasteiger partial charge < -0.3 is 10.1 Å². The van der Waals surface area contributed by atoms with Gasteiger partial charge in [-0.25, -0.2) is 0 Å². The Hall–Kier alpha value is -0.770. The van der Waals surface area contributed by atoms with Crippen LogP contribution in [-0.2, 0) is 6.54 Å². The first kappa shape index (κ1) is 17.3. The molecule has 0 spiro atoms. The van der Waals surface area contributed by atoms with Crippen molar-refractivity contribution >= 4 is 12.4 Å². The molecule has 0 aliphatic carbocycles. The van der Waals surface area contributed by atoms with Crippen LogP contribution in [0.5, 0.6) is 5.75 Å². The summed E-state index contributed by atoms with van der Waals surface area (Å²) < 4.78 is 5.71. The second-order valence-corrected chi connectivity index (χ2v) is 5.94. The maximum atomic E-state index is 5.71. The quantitative estimate of drug-likeness (QED) is 0.904. The van der Waals surface area contributed by atoms with Crippen molar-refractivity contribution in [3.8, 4) is 5.75 Å². The smallest absolute Gasteiger partial charge is 0.119 e. The second-order valence-electron chi connectivity index (χ2n) is 5.94. The fourth-order valence-electron chi connectivity index (χ4n) is 2.37. The molecule has 1 aliphatic heterocycles. The number of rotatable bonds is 5. The van der Waals surface area contributed by atoms with Gasteiger partial charge >= 0.3 is 0 Å². The minimum atomic E-state index is 0. The Morgan fingerprint density at radius 1 is 1.30 bits per heavy atom. The van der Waals surface area contributed by atoms with Gasteiger partial charge in [-0.05, 0) is 30.5 Å². The van der Waals surface area contributed by atoms with Gasteiger partial charge in [-0.2, -0.15) is 0 Å². The summed E-state index contributed by atoms with van der Waals surface area (Å²) in [5, 5.41) is 3.47. The third-order valence-corrected chi connectivity index (χ3v) is 3.37. The molecule has 1 N–H and O–H groups in total. The number of benzene rings is 1. The molecular formula is C16H27ClN2O. The standard InChI is InChI=1S/C16H26N2O.ClH/c1-13(2)12-19-16-6-4-15(5-7-16)11-18-9-8-17-14(3)10-18;/h4-7,13-14,17H,8-12H2,1-3H3;1H. The molecule has 0 radical (unpaired) electrons. The summed E-state index contributed by atoms with van der Waals surface area (Å²) in [5.41, 5.74) is 1.37. The van der Waals surface area contributed by atoms with Crippen LogP contribution < -0.4 is 10.1 Å². The third kappa shape index (κ3) is 5.70. The highest BCUT2D eigenvalue weighted by molar-refractivity contribution is 5.85. The molecule has 0 aromatic heterocycles. The molecule has 1 aliphatic rings. The lowest BCUT2D eigenvalue weighted by atomic mass is 10.1. The molecule has 1 aromatic rings. The second kappa shape index (κ2) is 8.50. The van der Waals surface area contributed by atoms with Crippen LogP contribution in [0, 0.1) is 5.92 Å². The molecule has 1 fully saturated rings. The first-order chi connectivity index (χ1) is 9.13. The van der Waals surface area contributed by atoms with Crippen LogP contribution in [0.25, 0.3) is 0 Å². The van der Waals surface area contributed by atoms with Crippen molar-refractivity contribution in [1.82, 2.24) is 10.2 Å². The monoisotopic (exact) mass is 298 g/mol. The van der Waals surface area contributed by atoms with Crippen LogP contribution in [0.4, 0.5) is 0 Å². The van der Waals surface area contributed by atoms with Crippen LogP contribution >= 0.6 is 12.4 Å². The fourth-order valence-corrected chi connectivity index (χ4v) is 2.37. The van der Waals surface area contributed by atoms with Crippen LogP contribution in [0.3, 0.4) is 0 Å². The Balaban J connectivity index is 0.00000200. The van der Waals surface area contributed by atoms with Crippen LogP contribution in [-0.4, -0.2) is 37.2 Å². The topological polar surface area (TPSA) is 24.5 Å². The zero-order valence-electron chi connectivity index (χ0n) is 12.8. The van der Waals surface area contributed by atoms with E-state index in [1.54, 1.807) is 0 Å². The Morgan fingerprint density at radius 2 is 2.00 bits per heavy atom. The number of nitrogens with zero attached hydrogens (tertiary/aromatic N) is 1. The van der Waals surface area contributed by atoms with Crippen LogP contribution in [0.2, 0.25) is 0 Å². The summed E-state index contributed by atoms with van der Waals surface area (Å²) in [7, 11) is 0. The molecule has 114 valence electrons. The highest BCUT2D eigenvalue weighted by Gasteiger charge is 2.15. The number of ether oxygens (including phenoxy) is 1. The Kier molecular flexibility index (Phi) is 7.35. The maximum Gasteiger partial charge on any atom is 0.119 e. The van der Waals surface area contributed by atoms with Gasteiger partial charge in [0.1, 0.15) is 5.75 Å². The lowest BCUT2D eigenvalue weighted by molar-refractivity contribution is 0.199. The van der Waals surface area contributed by atoms with E-state index in [1.807, 2.05) is 0 Å². The van der Waals surface area contributed by atoms with Gasteiger partial charge in [-0.1, -0.05) is 26.0 Å². The summed E-state index contributed by atoms with van der Waals surface area (Å²) in [6.07, 6.45) is 0. The van der Waals surface area contributed by atoms with E-state index < -0.39 is 0 Å². The van der Waals surface area contributed by atoms with E-state index in [1.165, 1.54) is 5.56 Å². The summed E-state index contributed by atoms with van der Waals surface area (Å²) in [5.74, 6) is 1.55. The Labute approximate surface area is 129 Å². The summed E-state index contributed by atoms with van der Waals surface area (Å²) in [6.45, 7) is 11.8. The van der Waals surface area contributed by atoms with E-state index >= 15 is 0 Å². The largest absolute Gasteiger partial charge is 0.493 e. The van der Waals surface area contributed by atoms with Crippen LogP contribution in [0.15, 0.2) is 24.3 Å². The Morgan fingerprint density at radius 3 is 2.60 bits per heavy atom. The van der Waals surface area contributed by atoms with E-state index in [9.17, 15) is 0 Å². The van der Waals surface area contributed by atoms with E-state index in [-0.39, 0.29) is 12.4 Å².